The Morgan fingerprint density at radius 3 is 2.71 bits per heavy atom. The van der Waals surface area contributed by atoms with Gasteiger partial charge in [-0.3, -0.25) is 14.3 Å². The molecule has 158 valence electrons. The molecule has 1 aliphatic rings. The first-order chi connectivity index (χ1) is 14.9. The Bertz CT molecular complexity index is 1430. The Morgan fingerprint density at radius 2 is 1.97 bits per heavy atom. The first kappa shape index (κ1) is 20.0. The van der Waals surface area contributed by atoms with E-state index in [-0.39, 0.29) is 12.1 Å². The van der Waals surface area contributed by atoms with E-state index in [0.29, 0.717) is 34.6 Å². The first-order valence-electron chi connectivity index (χ1n) is 9.89. The quantitative estimate of drug-likeness (QED) is 0.475. The first-order valence-corrected chi connectivity index (χ1v) is 12.1. The van der Waals surface area contributed by atoms with Crippen molar-refractivity contribution in [3.05, 3.63) is 87.0 Å². The number of aryl methyl sites for hydroxylation is 1. The Morgan fingerprint density at radius 1 is 1.16 bits per heavy atom. The molecular weight excluding hydrogens is 432 g/mol. The fourth-order valence-electron chi connectivity index (χ4n) is 3.86. The van der Waals surface area contributed by atoms with Gasteiger partial charge >= 0.3 is 0 Å². The fourth-order valence-corrected chi connectivity index (χ4v) is 6.54. The number of thiophene rings is 1. The minimum absolute atomic E-state index is 0.0961. The summed E-state index contributed by atoms with van der Waals surface area (Å²) in [5, 5.41) is 0.610. The highest BCUT2D eigenvalue weighted by atomic mass is 32.2. The van der Waals surface area contributed by atoms with Gasteiger partial charge in [-0.05, 0) is 42.7 Å². The van der Waals surface area contributed by atoms with Gasteiger partial charge in [0.25, 0.3) is 5.56 Å². The summed E-state index contributed by atoms with van der Waals surface area (Å²) >= 11 is 1.40. The second-order valence-corrected chi connectivity index (χ2v) is 10.6. The molecule has 0 radical (unpaired) electrons. The summed E-state index contributed by atoms with van der Waals surface area (Å²) < 4.78 is 29.3. The number of hydrogen-bond donors (Lipinski definition) is 0. The lowest BCUT2D eigenvalue weighted by Gasteiger charge is -2.26. The molecule has 0 unspecified atom stereocenters. The molecule has 4 aromatic rings. The predicted molar refractivity (Wildman–Crippen MR) is 120 cm³/mol. The van der Waals surface area contributed by atoms with Crippen LogP contribution >= 0.6 is 11.3 Å². The van der Waals surface area contributed by atoms with Gasteiger partial charge in [0, 0.05) is 30.4 Å². The SMILES string of the molecule is Cc1ccc(S(=O)(=O)N2CCc3c(sc4ncn(Cc5cccnc5)c(=O)c34)C2)cc1. The van der Waals surface area contributed by atoms with Crippen LogP contribution in [0.2, 0.25) is 0 Å². The summed E-state index contributed by atoms with van der Waals surface area (Å²) in [4.78, 5) is 23.6. The molecule has 0 fully saturated rings. The van der Waals surface area contributed by atoms with Crippen molar-refractivity contribution in [2.24, 2.45) is 0 Å². The maximum absolute atomic E-state index is 13.2. The van der Waals surface area contributed by atoms with Gasteiger partial charge in [-0.2, -0.15) is 4.31 Å². The number of hydrogen-bond acceptors (Lipinski definition) is 6. The number of pyridine rings is 1. The summed E-state index contributed by atoms with van der Waals surface area (Å²) in [5.41, 5.74) is 2.76. The summed E-state index contributed by atoms with van der Waals surface area (Å²) in [7, 11) is -3.59. The Hall–Kier alpha value is -2.88. The molecule has 0 N–H and O–H groups in total. The van der Waals surface area contributed by atoms with Gasteiger partial charge in [-0.1, -0.05) is 23.8 Å². The Labute approximate surface area is 183 Å². The van der Waals surface area contributed by atoms with E-state index in [1.54, 1.807) is 47.6 Å². The molecule has 7 nitrogen and oxygen atoms in total. The molecule has 0 amide bonds. The predicted octanol–water partition coefficient (Wildman–Crippen LogP) is 2.96. The van der Waals surface area contributed by atoms with Crippen LogP contribution in [0.25, 0.3) is 10.2 Å². The van der Waals surface area contributed by atoms with E-state index in [2.05, 4.69) is 9.97 Å². The number of sulfonamides is 1. The number of benzene rings is 1. The largest absolute Gasteiger partial charge is 0.294 e. The van der Waals surface area contributed by atoms with Crippen molar-refractivity contribution in [1.29, 1.82) is 0 Å². The third-order valence-corrected chi connectivity index (χ3v) is 8.51. The molecule has 0 aliphatic carbocycles. The fraction of sp³-hybridized carbons (Fsp3) is 0.227. The van der Waals surface area contributed by atoms with Crippen molar-refractivity contribution in [3.8, 4) is 0 Å². The lowest BCUT2D eigenvalue weighted by molar-refractivity contribution is 0.396. The third-order valence-electron chi connectivity index (χ3n) is 5.53. The molecule has 0 spiro atoms. The molecule has 3 aromatic heterocycles. The average Bonchev–Trinajstić information content (AvgIpc) is 3.15. The maximum atomic E-state index is 13.2. The summed E-state index contributed by atoms with van der Waals surface area (Å²) in [6.45, 7) is 2.92. The van der Waals surface area contributed by atoms with Gasteiger partial charge < -0.3 is 0 Å². The average molecular weight is 453 g/mol. The minimum Gasteiger partial charge on any atom is -0.294 e. The molecular formula is C22H20N4O3S2. The highest BCUT2D eigenvalue weighted by Crippen LogP contribution is 2.34. The van der Waals surface area contributed by atoms with E-state index in [9.17, 15) is 13.2 Å². The number of nitrogens with zero attached hydrogens (tertiary/aromatic N) is 4. The van der Waals surface area contributed by atoms with Crippen LogP contribution in [0.15, 0.2) is 64.8 Å². The van der Waals surface area contributed by atoms with E-state index in [0.717, 1.165) is 21.6 Å². The van der Waals surface area contributed by atoms with Crippen molar-refractivity contribution in [3.63, 3.8) is 0 Å². The van der Waals surface area contributed by atoms with Gasteiger partial charge in [0.2, 0.25) is 10.0 Å². The standard InChI is InChI=1S/C22H20N4O3S2/c1-15-4-6-17(7-5-15)31(28,29)26-10-8-18-19(13-26)30-21-20(18)22(27)25(14-24-21)12-16-3-2-9-23-11-16/h2-7,9,11,14H,8,10,12-13H2,1H3. The van der Waals surface area contributed by atoms with Crippen molar-refractivity contribution in [2.45, 2.75) is 31.3 Å². The van der Waals surface area contributed by atoms with Crippen LogP contribution < -0.4 is 5.56 Å². The zero-order valence-electron chi connectivity index (χ0n) is 16.9. The van der Waals surface area contributed by atoms with E-state index < -0.39 is 10.0 Å². The number of aromatic nitrogens is 3. The molecule has 5 rings (SSSR count). The molecule has 1 aromatic carbocycles. The number of rotatable bonds is 4. The van der Waals surface area contributed by atoms with Crippen LogP contribution in [-0.2, 0) is 29.5 Å². The van der Waals surface area contributed by atoms with Crippen molar-refractivity contribution < 1.29 is 8.42 Å². The van der Waals surface area contributed by atoms with Crippen LogP contribution in [0.3, 0.4) is 0 Å². The molecule has 0 saturated carbocycles. The van der Waals surface area contributed by atoms with E-state index in [4.69, 9.17) is 0 Å². The Kier molecular flexibility index (Phi) is 4.96. The minimum atomic E-state index is -3.59. The summed E-state index contributed by atoms with van der Waals surface area (Å²) in [6, 6.07) is 10.6. The van der Waals surface area contributed by atoms with Gasteiger partial charge in [0.15, 0.2) is 0 Å². The van der Waals surface area contributed by atoms with Gasteiger partial charge in [0.1, 0.15) is 4.83 Å². The molecule has 0 bridgehead atoms. The van der Waals surface area contributed by atoms with Crippen molar-refractivity contribution in [1.82, 2.24) is 18.8 Å². The van der Waals surface area contributed by atoms with Gasteiger partial charge in [-0.25, -0.2) is 13.4 Å². The highest BCUT2D eigenvalue weighted by Gasteiger charge is 2.31. The van der Waals surface area contributed by atoms with Crippen molar-refractivity contribution in [2.75, 3.05) is 6.54 Å². The second-order valence-electron chi connectivity index (χ2n) is 7.62. The lowest BCUT2D eigenvalue weighted by Crippen LogP contribution is -2.35. The van der Waals surface area contributed by atoms with Crippen molar-refractivity contribution >= 4 is 31.6 Å². The van der Waals surface area contributed by atoms with Crippen LogP contribution in [0.5, 0.6) is 0 Å². The van der Waals surface area contributed by atoms with Crippen LogP contribution in [0, 0.1) is 6.92 Å². The smallest absolute Gasteiger partial charge is 0.262 e. The van der Waals surface area contributed by atoms with Gasteiger partial charge in [-0.15, -0.1) is 11.3 Å². The summed E-state index contributed by atoms with van der Waals surface area (Å²) in [5.74, 6) is 0. The molecule has 0 saturated heterocycles. The highest BCUT2D eigenvalue weighted by molar-refractivity contribution is 7.89. The third kappa shape index (κ3) is 3.58. The monoisotopic (exact) mass is 452 g/mol. The zero-order valence-corrected chi connectivity index (χ0v) is 18.5. The molecule has 4 heterocycles. The van der Waals surface area contributed by atoms with Gasteiger partial charge in [0.05, 0.1) is 23.2 Å². The zero-order chi connectivity index (χ0) is 21.6. The van der Waals surface area contributed by atoms with E-state index in [1.807, 2.05) is 19.1 Å². The van der Waals surface area contributed by atoms with Crippen LogP contribution in [0.1, 0.15) is 21.6 Å². The second kappa shape index (κ2) is 7.67. The van der Waals surface area contributed by atoms with Crippen LogP contribution in [0.4, 0.5) is 0 Å². The normalized spacial score (nSPS) is 14.6. The Balaban J connectivity index is 1.49. The van der Waals surface area contributed by atoms with Crippen LogP contribution in [-0.4, -0.2) is 33.8 Å². The number of fused-ring (bicyclic) bond motifs is 3. The molecule has 31 heavy (non-hydrogen) atoms. The molecule has 0 atom stereocenters. The summed E-state index contributed by atoms with van der Waals surface area (Å²) in [6.07, 6.45) is 5.47. The topological polar surface area (TPSA) is 85.2 Å². The lowest BCUT2D eigenvalue weighted by atomic mass is 10.1. The molecule has 1 aliphatic heterocycles. The molecule has 9 heteroatoms. The van der Waals surface area contributed by atoms with E-state index >= 15 is 0 Å². The maximum Gasteiger partial charge on any atom is 0.262 e. The van der Waals surface area contributed by atoms with E-state index in [1.165, 1.54) is 15.6 Å².